The lowest BCUT2D eigenvalue weighted by molar-refractivity contribution is -0.146. The number of ether oxygens (including phenoxy) is 3. The molecular formula is C43H35NO8S2. The molecule has 0 fully saturated rings. The van der Waals surface area contributed by atoms with Crippen molar-refractivity contribution in [3.63, 3.8) is 0 Å². The predicted molar refractivity (Wildman–Crippen MR) is 202 cm³/mol. The van der Waals surface area contributed by atoms with Crippen LogP contribution >= 0.6 is 0 Å². The second kappa shape index (κ2) is 15.4. The van der Waals surface area contributed by atoms with Gasteiger partial charge in [0.2, 0.25) is 25.1 Å². The molecule has 0 aliphatic carbocycles. The van der Waals surface area contributed by atoms with Crippen LogP contribution in [0.15, 0.2) is 165 Å². The lowest BCUT2D eigenvalue weighted by atomic mass is 9.75. The first-order valence-electron chi connectivity index (χ1n) is 16.9. The average molecular weight is 758 g/mol. The normalized spacial score (nSPS) is 12.6. The van der Waals surface area contributed by atoms with E-state index < -0.39 is 31.1 Å². The Kier molecular flexibility index (Phi) is 10.7. The van der Waals surface area contributed by atoms with Crippen LogP contribution in [-0.2, 0) is 34.6 Å². The van der Waals surface area contributed by atoms with Crippen molar-refractivity contribution in [1.82, 2.24) is 0 Å². The minimum absolute atomic E-state index is 0.00482. The van der Waals surface area contributed by atoms with Gasteiger partial charge in [0.1, 0.15) is 23.0 Å². The lowest BCUT2D eigenvalue weighted by Gasteiger charge is -2.26. The number of esters is 1. The van der Waals surface area contributed by atoms with Crippen LogP contribution in [0.2, 0.25) is 0 Å². The molecule has 0 bridgehead atoms. The Balaban J connectivity index is 1.14. The van der Waals surface area contributed by atoms with E-state index in [9.17, 15) is 26.9 Å². The largest absolute Gasteiger partial charge is 0.464 e. The molecule has 9 nitrogen and oxygen atoms in total. The molecule has 0 N–H and O–H groups in total. The van der Waals surface area contributed by atoms with Crippen LogP contribution in [0.25, 0.3) is 0 Å². The second-order valence-corrected chi connectivity index (χ2v) is 16.3. The van der Waals surface area contributed by atoms with Gasteiger partial charge in [-0.05, 0) is 129 Å². The average Bonchev–Trinajstić information content (AvgIpc) is 3.18. The maximum atomic E-state index is 13.6. The van der Waals surface area contributed by atoms with Gasteiger partial charge in [0.15, 0.2) is 0 Å². The summed E-state index contributed by atoms with van der Waals surface area (Å²) < 4.78 is 70.7. The third-order valence-corrected chi connectivity index (χ3v) is 12.3. The molecule has 0 radical (unpaired) electrons. The Labute approximate surface area is 314 Å². The van der Waals surface area contributed by atoms with Crippen molar-refractivity contribution in [1.29, 1.82) is 5.26 Å². The highest BCUT2D eigenvalue weighted by Crippen LogP contribution is 2.36. The van der Waals surface area contributed by atoms with Crippen molar-refractivity contribution < 1.29 is 35.8 Å². The van der Waals surface area contributed by atoms with Crippen LogP contribution in [-0.4, -0.2) is 29.4 Å². The van der Waals surface area contributed by atoms with Crippen LogP contribution in [0.4, 0.5) is 0 Å². The van der Waals surface area contributed by atoms with E-state index in [2.05, 4.69) is 6.07 Å². The maximum Gasteiger partial charge on any atom is 0.335 e. The molecule has 11 heteroatoms. The van der Waals surface area contributed by atoms with Gasteiger partial charge in [0.05, 0.1) is 32.3 Å². The molecule has 0 aromatic heterocycles. The van der Waals surface area contributed by atoms with Gasteiger partial charge in [-0.15, -0.1) is 0 Å². The fraction of sp³-hybridized carbons (Fsp3) is 0.116. The lowest BCUT2D eigenvalue weighted by Crippen LogP contribution is -2.37. The van der Waals surface area contributed by atoms with Crippen LogP contribution in [0, 0.1) is 25.2 Å². The number of nitrogens with zero attached hydrogens (tertiary/aromatic N) is 1. The third kappa shape index (κ3) is 7.62. The molecule has 272 valence electrons. The van der Waals surface area contributed by atoms with E-state index in [1.807, 2.05) is 38.1 Å². The minimum Gasteiger partial charge on any atom is -0.464 e. The highest BCUT2D eigenvalue weighted by Gasteiger charge is 2.44. The zero-order chi connectivity index (χ0) is 38.5. The van der Waals surface area contributed by atoms with Crippen molar-refractivity contribution in [2.45, 2.75) is 45.8 Å². The number of rotatable bonds is 12. The Hall–Kier alpha value is -6.22. The maximum absolute atomic E-state index is 13.6. The van der Waals surface area contributed by atoms with Crippen molar-refractivity contribution in [2.75, 3.05) is 6.61 Å². The topological polar surface area (TPSA) is 137 Å². The monoisotopic (exact) mass is 757 g/mol. The van der Waals surface area contributed by atoms with Crippen molar-refractivity contribution in [2.24, 2.45) is 0 Å². The minimum atomic E-state index is -4.00. The Morgan fingerprint density at radius 3 is 1.11 bits per heavy atom. The molecule has 6 aromatic rings. The number of carbonyl (C=O) groups excluding carboxylic acids is 1. The van der Waals surface area contributed by atoms with Gasteiger partial charge < -0.3 is 14.2 Å². The highest BCUT2D eigenvalue weighted by molar-refractivity contribution is 7.91. The molecule has 0 amide bonds. The standard InChI is InChI=1S/C43H35NO8S2/c1-4-50-42(45)43(29-44,32-9-5-30(2)6-10-32)33-11-21-38(22-12-33)53(46,47)39-23-17-36(18-24-39)52-37-19-27-41(28-20-37)54(48,49)40-25-15-35(16-26-40)51-34-13-7-31(3)8-14-34/h5-28H,4H2,1-3H3. The Morgan fingerprint density at radius 1 is 0.519 bits per heavy atom. The van der Waals surface area contributed by atoms with E-state index in [0.717, 1.165) is 11.1 Å². The van der Waals surface area contributed by atoms with E-state index in [4.69, 9.17) is 14.2 Å². The number of hydrogen-bond acceptors (Lipinski definition) is 9. The summed E-state index contributed by atoms with van der Waals surface area (Å²) in [5.74, 6) is 1.07. The molecule has 0 aliphatic heterocycles. The van der Waals surface area contributed by atoms with Crippen molar-refractivity contribution in [3.8, 4) is 29.1 Å². The van der Waals surface area contributed by atoms with Crippen LogP contribution < -0.4 is 9.47 Å². The van der Waals surface area contributed by atoms with E-state index >= 15 is 0 Å². The third-order valence-electron chi connectivity index (χ3n) is 8.73. The van der Waals surface area contributed by atoms with Gasteiger partial charge in [-0.2, -0.15) is 5.26 Å². The first-order valence-corrected chi connectivity index (χ1v) is 19.8. The first-order chi connectivity index (χ1) is 25.9. The fourth-order valence-electron chi connectivity index (χ4n) is 5.72. The molecule has 1 unspecified atom stereocenters. The Morgan fingerprint density at radius 2 is 0.796 bits per heavy atom. The predicted octanol–water partition coefficient (Wildman–Crippen LogP) is 8.93. The van der Waals surface area contributed by atoms with Gasteiger partial charge in [0, 0.05) is 0 Å². The second-order valence-electron chi connectivity index (χ2n) is 12.4. The number of nitriles is 1. The number of aryl methyl sites for hydroxylation is 2. The first kappa shape index (κ1) is 37.5. The van der Waals surface area contributed by atoms with E-state index in [1.54, 1.807) is 43.3 Å². The fourth-order valence-corrected chi connectivity index (χ4v) is 8.24. The van der Waals surface area contributed by atoms with Gasteiger partial charge in [0.25, 0.3) is 0 Å². The van der Waals surface area contributed by atoms with Gasteiger partial charge in [-0.25, -0.2) is 21.6 Å². The van der Waals surface area contributed by atoms with Crippen LogP contribution in [0.3, 0.4) is 0 Å². The van der Waals surface area contributed by atoms with Crippen molar-refractivity contribution >= 4 is 25.6 Å². The number of sulfone groups is 2. The quantitative estimate of drug-likeness (QED) is 0.112. The zero-order valence-corrected chi connectivity index (χ0v) is 31.2. The highest BCUT2D eigenvalue weighted by atomic mass is 32.2. The molecule has 0 saturated carbocycles. The van der Waals surface area contributed by atoms with Gasteiger partial charge in [-0.3, -0.25) is 0 Å². The molecule has 0 spiro atoms. The summed E-state index contributed by atoms with van der Waals surface area (Å²) in [5.41, 5.74) is 0.931. The zero-order valence-electron chi connectivity index (χ0n) is 29.6. The summed E-state index contributed by atoms with van der Waals surface area (Å²) in [6.45, 7) is 5.58. The molecule has 0 heterocycles. The summed E-state index contributed by atoms with van der Waals surface area (Å²) in [4.78, 5) is 13.4. The van der Waals surface area contributed by atoms with E-state index in [1.165, 1.54) is 84.9 Å². The smallest absolute Gasteiger partial charge is 0.335 e. The molecule has 54 heavy (non-hydrogen) atoms. The molecular weight excluding hydrogens is 723 g/mol. The van der Waals surface area contributed by atoms with Gasteiger partial charge in [-0.1, -0.05) is 59.7 Å². The van der Waals surface area contributed by atoms with Crippen LogP contribution in [0.5, 0.6) is 23.0 Å². The molecule has 0 saturated heterocycles. The SMILES string of the molecule is CCOC(=O)C(C#N)(c1ccc(C)cc1)c1ccc(S(=O)(=O)c2ccc(Oc3ccc(S(=O)(=O)c4ccc(Oc5ccc(C)cc5)cc4)cc3)cc2)cc1. The molecule has 1 atom stereocenters. The number of hydrogen-bond donors (Lipinski definition) is 0. The summed E-state index contributed by atoms with van der Waals surface area (Å²) in [6.07, 6.45) is 0. The van der Waals surface area contributed by atoms with Crippen molar-refractivity contribution in [3.05, 3.63) is 168 Å². The van der Waals surface area contributed by atoms with Crippen LogP contribution in [0.1, 0.15) is 29.2 Å². The summed E-state index contributed by atoms with van der Waals surface area (Å²) in [5, 5.41) is 10.3. The summed E-state index contributed by atoms with van der Waals surface area (Å²) in [7, 11) is -7.82. The van der Waals surface area contributed by atoms with E-state index in [-0.39, 0.29) is 31.8 Å². The molecule has 6 aromatic carbocycles. The number of benzene rings is 6. The van der Waals surface area contributed by atoms with Gasteiger partial charge >= 0.3 is 5.97 Å². The molecule has 0 aliphatic rings. The summed E-state index contributed by atoms with van der Waals surface area (Å²) >= 11 is 0. The molecule has 6 rings (SSSR count). The summed E-state index contributed by atoms with van der Waals surface area (Å²) in [6, 6.07) is 40.1. The number of carbonyl (C=O) groups is 1. The Bertz CT molecular complexity index is 2530. The van der Waals surface area contributed by atoms with E-state index in [0.29, 0.717) is 28.6 Å².